The Bertz CT molecular complexity index is 1460. The number of likely N-dealkylation sites (N-methyl/N-ethyl adjacent to an activating group) is 1. The van der Waals surface area contributed by atoms with Gasteiger partial charge in [-0.2, -0.15) is 4.98 Å². The molecule has 0 aliphatic carbocycles. The second kappa shape index (κ2) is 11.3. The molecular weight excluding hydrogens is 529 g/mol. The molecule has 11 nitrogen and oxygen atoms in total. The number of aryl methyl sites for hydroxylation is 1. The highest BCUT2D eigenvalue weighted by Gasteiger charge is 2.38. The number of halogens is 1. The summed E-state index contributed by atoms with van der Waals surface area (Å²) in [6.45, 7) is 11.9. The molecule has 0 spiro atoms. The van der Waals surface area contributed by atoms with Crippen LogP contribution in [-0.4, -0.2) is 76.3 Å². The van der Waals surface area contributed by atoms with E-state index in [1.54, 1.807) is 29.3 Å². The van der Waals surface area contributed by atoms with Crippen molar-refractivity contribution in [1.29, 1.82) is 0 Å². The minimum Gasteiger partial charge on any atom is -0.469 e. The van der Waals surface area contributed by atoms with Gasteiger partial charge >= 0.3 is 6.03 Å². The molecule has 0 saturated carbocycles. The van der Waals surface area contributed by atoms with Gasteiger partial charge in [0.2, 0.25) is 11.8 Å². The number of nitrogens with one attached hydrogen (secondary N) is 2. The third kappa shape index (κ3) is 6.07. The lowest BCUT2D eigenvalue weighted by Gasteiger charge is -2.34. The third-order valence-electron chi connectivity index (χ3n) is 6.96. The first-order chi connectivity index (χ1) is 19.5. The van der Waals surface area contributed by atoms with Crippen molar-refractivity contribution < 1.29 is 23.5 Å². The molecule has 0 bridgehead atoms. The van der Waals surface area contributed by atoms with Gasteiger partial charge in [0.15, 0.2) is 0 Å². The number of fused-ring (bicyclic) bond motifs is 1. The predicted octanol–water partition coefficient (Wildman–Crippen LogP) is 4.49. The maximum atomic E-state index is 15.4. The van der Waals surface area contributed by atoms with Crippen LogP contribution < -0.4 is 20.3 Å². The number of hydrogen-bond acceptors (Lipinski definition) is 8. The molecule has 2 aromatic heterocycles. The van der Waals surface area contributed by atoms with Gasteiger partial charge in [-0.15, -0.1) is 0 Å². The first kappa shape index (κ1) is 28.2. The molecular formula is C29H34FN7O4. The van der Waals surface area contributed by atoms with Crippen LogP contribution in [0.1, 0.15) is 43.6 Å². The zero-order chi connectivity index (χ0) is 29.3. The fourth-order valence-electron chi connectivity index (χ4n) is 4.87. The maximum Gasteiger partial charge on any atom is 0.324 e. The van der Waals surface area contributed by atoms with Crippen LogP contribution in [0, 0.1) is 12.7 Å². The van der Waals surface area contributed by atoms with E-state index in [1.807, 2.05) is 39.5 Å². The number of rotatable bonds is 5. The Morgan fingerprint density at radius 2 is 2.00 bits per heavy atom. The molecule has 41 heavy (non-hydrogen) atoms. The van der Waals surface area contributed by atoms with E-state index in [4.69, 9.17) is 19.4 Å². The monoisotopic (exact) mass is 563 g/mol. The van der Waals surface area contributed by atoms with Crippen LogP contribution in [0.3, 0.4) is 0 Å². The highest BCUT2D eigenvalue weighted by molar-refractivity contribution is 6.03. The summed E-state index contributed by atoms with van der Waals surface area (Å²) in [5.41, 5.74) is 0.964. The number of amides is 3. The lowest BCUT2D eigenvalue weighted by molar-refractivity contribution is 0.0541. The van der Waals surface area contributed by atoms with Gasteiger partial charge in [0.1, 0.15) is 22.8 Å². The van der Waals surface area contributed by atoms with Gasteiger partial charge in [0.25, 0.3) is 5.91 Å². The first-order valence-corrected chi connectivity index (χ1v) is 13.6. The number of hydrogen-bond donors (Lipinski definition) is 2. The molecule has 1 saturated heterocycles. The number of carbonyl (C=O) groups is 2. The SMILES string of the molecule is CCN1CC(C)(C)Oc2nc(N3CCOCC3C)nc(-c3ccc(NC(=O)Nc4ccc(C)cn4)c(F)c3)c2C1=O. The van der Waals surface area contributed by atoms with Crippen LogP contribution in [0.15, 0.2) is 36.5 Å². The number of pyridine rings is 1. The average molecular weight is 564 g/mol. The molecule has 5 rings (SSSR count). The van der Waals surface area contributed by atoms with Gasteiger partial charge < -0.3 is 24.6 Å². The van der Waals surface area contributed by atoms with Crippen molar-refractivity contribution >= 4 is 29.4 Å². The van der Waals surface area contributed by atoms with Crippen LogP contribution in [0.4, 0.5) is 26.6 Å². The van der Waals surface area contributed by atoms with E-state index in [-0.39, 0.29) is 34.8 Å². The number of nitrogens with zero attached hydrogens (tertiary/aromatic N) is 5. The van der Waals surface area contributed by atoms with Crippen LogP contribution in [0.5, 0.6) is 5.88 Å². The Morgan fingerprint density at radius 1 is 1.20 bits per heavy atom. The summed E-state index contributed by atoms with van der Waals surface area (Å²) in [4.78, 5) is 43.5. The molecule has 0 radical (unpaired) electrons. The van der Waals surface area contributed by atoms with Gasteiger partial charge in [0, 0.05) is 24.8 Å². The second-order valence-corrected chi connectivity index (χ2v) is 10.8. The Morgan fingerprint density at radius 3 is 2.68 bits per heavy atom. The minimum absolute atomic E-state index is 0.0128. The van der Waals surface area contributed by atoms with E-state index in [2.05, 4.69) is 15.6 Å². The third-order valence-corrected chi connectivity index (χ3v) is 6.96. The zero-order valence-corrected chi connectivity index (χ0v) is 23.8. The molecule has 4 heterocycles. The van der Waals surface area contributed by atoms with Crippen molar-refractivity contribution in [3.63, 3.8) is 0 Å². The summed E-state index contributed by atoms with van der Waals surface area (Å²) in [5, 5.41) is 5.09. The van der Waals surface area contributed by atoms with Crippen molar-refractivity contribution in [3.8, 4) is 17.1 Å². The van der Waals surface area contributed by atoms with Crippen molar-refractivity contribution in [3.05, 3.63) is 53.5 Å². The molecule has 1 aromatic carbocycles. The topological polar surface area (TPSA) is 122 Å². The summed E-state index contributed by atoms with van der Waals surface area (Å²) < 4.78 is 27.3. The number of ether oxygens (including phenoxy) is 2. The fraction of sp³-hybridized carbons (Fsp3) is 0.414. The van der Waals surface area contributed by atoms with Gasteiger partial charge in [-0.1, -0.05) is 12.1 Å². The van der Waals surface area contributed by atoms with Crippen LogP contribution in [0.25, 0.3) is 11.3 Å². The lowest BCUT2D eigenvalue weighted by atomic mass is 10.0. The van der Waals surface area contributed by atoms with E-state index >= 15 is 4.39 Å². The Balaban J connectivity index is 1.53. The highest BCUT2D eigenvalue weighted by Crippen LogP contribution is 2.37. The number of aromatic nitrogens is 3. The molecule has 12 heteroatoms. The normalized spacial score (nSPS) is 18.3. The standard InChI is InChI=1S/C29H34FN7O4/c1-6-36-16-29(4,5)41-25-23(26(36)38)24(34-27(35-25)37-11-12-40-15-18(37)3)19-8-9-21(20(30)13-19)32-28(39)33-22-10-7-17(2)14-31-22/h7-10,13-14,18H,6,11-12,15-16H2,1-5H3,(H2,31,32,33,39). The van der Waals surface area contributed by atoms with Crippen LogP contribution >= 0.6 is 0 Å². The molecule has 216 valence electrons. The summed E-state index contributed by atoms with van der Waals surface area (Å²) in [6.07, 6.45) is 1.62. The van der Waals surface area contributed by atoms with Crippen molar-refractivity contribution in [2.75, 3.05) is 48.4 Å². The number of carbonyl (C=O) groups excluding carboxylic acids is 2. The van der Waals surface area contributed by atoms with E-state index in [0.717, 1.165) is 5.56 Å². The summed E-state index contributed by atoms with van der Waals surface area (Å²) in [6, 6.07) is 7.09. The van der Waals surface area contributed by atoms with Gasteiger partial charge in [0.05, 0.1) is 37.2 Å². The maximum absolute atomic E-state index is 15.4. The van der Waals surface area contributed by atoms with Gasteiger partial charge in [-0.05, 0) is 58.4 Å². The number of benzene rings is 1. The molecule has 2 aliphatic heterocycles. The number of anilines is 3. The smallest absolute Gasteiger partial charge is 0.324 e. The summed E-state index contributed by atoms with van der Waals surface area (Å²) in [7, 11) is 0. The quantitative estimate of drug-likeness (QED) is 0.466. The van der Waals surface area contributed by atoms with E-state index in [1.165, 1.54) is 12.1 Å². The van der Waals surface area contributed by atoms with Gasteiger partial charge in [-0.3, -0.25) is 10.1 Å². The number of urea groups is 1. The minimum atomic E-state index is -0.713. The largest absolute Gasteiger partial charge is 0.469 e. The molecule has 1 unspecified atom stereocenters. The van der Waals surface area contributed by atoms with E-state index in [0.29, 0.717) is 50.2 Å². The molecule has 2 N–H and O–H groups in total. The molecule has 3 aromatic rings. The number of morpholine rings is 1. The highest BCUT2D eigenvalue weighted by atomic mass is 19.1. The molecule has 3 amide bonds. The molecule has 1 atom stereocenters. The Hall–Kier alpha value is -4.32. The zero-order valence-electron chi connectivity index (χ0n) is 23.8. The Labute approximate surface area is 238 Å². The van der Waals surface area contributed by atoms with Crippen molar-refractivity contribution in [2.24, 2.45) is 0 Å². The Kier molecular flexibility index (Phi) is 7.76. The molecule has 2 aliphatic rings. The fourth-order valence-corrected chi connectivity index (χ4v) is 4.87. The molecule has 1 fully saturated rings. The van der Waals surface area contributed by atoms with Crippen molar-refractivity contribution in [2.45, 2.75) is 46.3 Å². The average Bonchev–Trinajstić information content (AvgIpc) is 3.03. The second-order valence-electron chi connectivity index (χ2n) is 10.8. The van der Waals surface area contributed by atoms with Gasteiger partial charge in [-0.25, -0.2) is 19.2 Å². The predicted molar refractivity (Wildman–Crippen MR) is 153 cm³/mol. The van der Waals surface area contributed by atoms with Crippen LogP contribution in [0.2, 0.25) is 0 Å². The van der Waals surface area contributed by atoms with Crippen molar-refractivity contribution in [1.82, 2.24) is 19.9 Å². The summed E-state index contributed by atoms with van der Waals surface area (Å²) >= 11 is 0. The summed E-state index contributed by atoms with van der Waals surface area (Å²) in [5.74, 6) is -0.131. The first-order valence-electron chi connectivity index (χ1n) is 13.6. The lowest BCUT2D eigenvalue weighted by Crippen LogP contribution is -2.44. The van der Waals surface area contributed by atoms with Crippen LogP contribution in [-0.2, 0) is 4.74 Å². The van der Waals surface area contributed by atoms with E-state index in [9.17, 15) is 9.59 Å². The van der Waals surface area contributed by atoms with E-state index < -0.39 is 17.4 Å².